The van der Waals surface area contributed by atoms with E-state index in [1.54, 1.807) is 19.0 Å². The lowest BCUT2D eigenvalue weighted by Gasteiger charge is -2.17. The van der Waals surface area contributed by atoms with Gasteiger partial charge in [-0.1, -0.05) is 0 Å². The van der Waals surface area contributed by atoms with E-state index in [-0.39, 0.29) is 17.4 Å². The molecule has 0 spiro atoms. The second-order valence-corrected chi connectivity index (χ2v) is 4.69. The van der Waals surface area contributed by atoms with Crippen LogP contribution in [-0.4, -0.2) is 37.2 Å². The number of aromatic nitrogens is 2. The van der Waals surface area contributed by atoms with E-state index in [4.69, 9.17) is 4.74 Å². The number of halogens is 2. The number of hydrogen-bond acceptors (Lipinski definition) is 5. The van der Waals surface area contributed by atoms with E-state index in [1.165, 1.54) is 13.3 Å². The second kappa shape index (κ2) is 6.86. The van der Waals surface area contributed by atoms with Crippen molar-refractivity contribution < 1.29 is 18.3 Å². The first-order chi connectivity index (χ1) is 10.9. The highest BCUT2D eigenvalue weighted by Crippen LogP contribution is 2.23. The Hall–Kier alpha value is -2.97. The predicted molar refractivity (Wildman–Crippen MR) is 81.9 cm³/mol. The fraction of sp³-hybridized carbons (Fsp3) is 0.214. The van der Waals surface area contributed by atoms with Crippen LogP contribution < -0.4 is 20.3 Å². The first kappa shape index (κ1) is 16.4. The first-order valence-electron chi connectivity index (χ1n) is 6.52. The summed E-state index contributed by atoms with van der Waals surface area (Å²) in [4.78, 5) is 21.6. The summed E-state index contributed by atoms with van der Waals surface area (Å²) in [5.41, 5.74) is 0.00782. The van der Waals surface area contributed by atoms with Gasteiger partial charge in [0.05, 0.1) is 19.0 Å². The zero-order chi connectivity index (χ0) is 17.0. The van der Waals surface area contributed by atoms with Crippen molar-refractivity contribution in [3.05, 3.63) is 36.0 Å². The third-order valence-electron chi connectivity index (χ3n) is 2.78. The summed E-state index contributed by atoms with van der Waals surface area (Å²) in [6, 6.07) is 2.14. The molecule has 9 heteroatoms. The maximum absolute atomic E-state index is 13.5. The van der Waals surface area contributed by atoms with Gasteiger partial charge in [0.15, 0.2) is 5.82 Å². The van der Waals surface area contributed by atoms with Gasteiger partial charge in [-0.05, 0) is 12.1 Å². The molecule has 1 heterocycles. The van der Waals surface area contributed by atoms with Gasteiger partial charge in [0.1, 0.15) is 17.3 Å². The normalized spacial score (nSPS) is 10.1. The summed E-state index contributed by atoms with van der Waals surface area (Å²) in [6.45, 7) is 0. The zero-order valence-corrected chi connectivity index (χ0v) is 12.7. The van der Waals surface area contributed by atoms with Gasteiger partial charge in [-0.3, -0.25) is 0 Å². The lowest BCUT2D eigenvalue weighted by atomic mass is 10.3. The number of hydrogen-bond donors (Lipinski definition) is 2. The van der Waals surface area contributed by atoms with Gasteiger partial charge < -0.3 is 20.3 Å². The van der Waals surface area contributed by atoms with E-state index >= 15 is 0 Å². The monoisotopic (exact) mass is 323 g/mol. The molecule has 2 aromatic rings. The second-order valence-electron chi connectivity index (χ2n) is 4.69. The number of carbonyl (C=O) groups is 1. The van der Waals surface area contributed by atoms with Crippen molar-refractivity contribution in [1.29, 1.82) is 0 Å². The van der Waals surface area contributed by atoms with Crippen molar-refractivity contribution >= 4 is 23.2 Å². The van der Waals surface area contributed by atoms with Crippen LogP contribution in [0.1, 0.15) is 0 Å². The van der Waals surface area contributed by atoms with E-state index in [9.17, 15) is 13.6 Å². The molecule has 0 fully saturated rings. The molecule has 23 heavy (non-hydrogen) atoms. The number of methoxy groups -OCH3 is 1. The van der Waals surface area contributed by atoms with Crippen molar-refractivity contribution in [2.45, 2.75) is 0 Å². The van der Waals surface area contributed by atoms with Crippen LogP contribution in [0.25, 0.3) is 0 Å². The minimum Gasteiger partial charge on any atom is -0.467 e. The lowest BCUT2D eigenvalue weighted by Crippen LogP contribution is -2.23. The summed E-state index contributed by atoms with van der Waals surface area (Å²) < 4.78 is 31.5. The van der Waals surface area contributed by atoms with Gasteiger partial charge >= 0.3 is 12.0 Å². The lowest BCUT2D eigenvalue weighted by molar-refractivity contribution is 0.262. The van der Waals surface area contributed by atoms with Crippen LogP contribution in [0.15, 0.2) is 24.4 Å². The summed E-state index contributed by atoms with van der Waals surface area (Å²) in [7, 11) is 4.86. The maximum atomic E-state index is 13.5. The number of benzene rings is 1. The summed E-state index contributed by atoms with van der Waals surface area (Å²) in [6.07, 6.45) is 1.35. The summed E-state index contributed by atoms with van der Waals surface area (Å²) >= 11 is 0. The molecule has 0 aliphatic heterocycles. The highest BCUT2D eigenvalue weighted by Gasteiger charge is 2.14. The van der Waals surface area contributed by atoms with Crippen molar-refractivity contribution in [3.8, 4) is 6.01 Å². The van der Waals surface area contributed by atoms with Gasteiger partial charge in [0.25, 0.3) is 0 Å². The molecule has 0 aliphatic carbocycles. The topological polar surface area (TPSA) is 79.4 Å². The Bertz CT molecular complexity index is 724. The number of anilines is 3. The minimum absolute atomic E-state index is 0.135. The van der Waals surface area contributed by atoms with E-state index in [2.05, 4.69) is 20.6 Å². The third kappa shape index (κ3) is 4.02. The molecular weight excluding hydrogens is 308 g/mol. The quantitative estimate of drug-likeness (QED) is 0.903. The van der Waals surface area contributed by atoms with Crippen molar-refractivity contribution in [2.75, 3.05) is 36.7 Å². The van der Waals surface area contributed by atoms with Crippen LogP contribution in [0.2, 0.25) is 0 Å². The Balaban J connectivity index is 2.18. The van der Waals surface area contributed by atoms with E-state index < -0.39 is 17.7 Å². The van der Waals surface area contributed by atoms with Crippen LogP contribution in [0.5, 0.6) is 6.01 Å². The molecular formula is C14H15F2N5O2. The van der Waals surface area contributed by atoms with Gasteiger partial charge in [-0.25, -0.2) is 18.6 Å². The zero-order valence-electron chi connectivity index (χ0n) is 12.7. The molecule has 2 N–H and O–H groups in total. The molecule has 0 aliphatic rings. The SMILES string of the molecule is COc1ncc(NC(=O)Nc2cc(F)ccc2F)c(N(C)C)n1. The summed E-state index contributed by atoms with van der Waals surface area (Å²) in [5, 5.41) is 4.70. The molecule has 2 rings (SSSR count). The Morgan fingerprint density at radius 1 is 1.22 bits per heavy atom. The summed E-state index contributed by atoms with van der Waals surface area (Å²) in [5.74, 6) is -1.02. The number of nitrogens with zero attached hydrogens (tertiary/aromatic N) is 3. The number of ether oxygens (including phenoxy) is 1. The van der Waals surface area contributed by atoms with Crippen LogP contribution >= 0.6 is 0 Å². The van der Waals surface area contributed by atoms with E-state index in [0.717, 1.165) is 18.2 Å². The number of nitrogens with one attached hydrogen (secondary N) is 2. The fourth-order valence-electron chi connectivity index (χ4n) is 1.75. The smallest absolute Gasteiger partial charge is 0.323 e. The molecule has 0 saturated carbocycles. The van der Waals surface area contributed by atoms with Gasteiger partial charge in [0, 0.05) is 20.2 Å². The predicted octanol–water partition coefficient (Wildman–Crippen LogP) is 2.47. The maximum Gasteiger partial charge on any atom is 0.323 e. The Morgan fingerprint density at radius 2 is 1.91 bits per heavy atom. The van der Waals surface area contributed by atoms with Gasteiger partial charge in [-0.2, -0.15) is 4.98 Å². The average molecular weight is 323 g/mol. The standard InChI is InChI=1S/C14H15F2N5O2/c1-21(2)12-11(7-17-14(20-12)23-3)19-13(22)18-10-6-8(15)4-5-9(10)16/h4-7H,1-3H3,(H2,18,19,22). The largest absolute Gasteiger partial charge is 0.467 e. The molecule has 7 nitrogen and oxygen atoms in total. The first-order valence-corrected chi connectivity index (χ1v) is 6.52. The highest BCUT2D eigenvalue weighted by molar-refractivity contribution is 6.01. The van der Waals surface area contributed by atoms with Crippen LogP contribution in [0, 0.1) is 11.6 Å². The fourth-order valence-corrected chi connectivity index (χ4v) is 1.75. The number of carbonyl (C=O) groups excluding carboxylic acids is 1. The molecule has 0 radical (unpaired) electrons. The minimum atomic E-state index is -0.758. The Kier molecular flexibility index (Phi) is 4.89. The van der Waals surface area contributed by atoms with Crippen LogP contribution in [0.4, 0.5) is 30.8 Å². The van der Waals surface area contributed by atoms with Crippen molar-refractivity contribution in [2.24, 2.45) is 0 Å². The molecule has 0 unspecified atom stereocenters. The van der Waals surface area contributed by atoms with Crippen LogP contribution in [-0.2, 0) is 0 Å². The highest BCUT2D eigenvalue weighted by atomic mass is 19.1. The molecule has 1 aromatic carbocycles. The van der Waals surface area contributed by atoms with Gasteiger partial charge in [-0.15, -0.1) is 0 Å². The third-order valence-corrected chi connectivity index (χ3v) is 2.78. The Morgan fingerprint density at radius 3 is 2.57 bits per heavy atom. The van der Waals surface area contributed by atoms with Crippen LogP contribution in [0.3, 0.4) is 0 Å². The van der Waals surface area contributed by atoms with E-state index in [0.29, 0.717) is 5.82 Å². The van der Waals surface area contributed by atoms with Gasteiger partial charge in [0.2, 0.25) is 0 Å². The molecule has 0 bridgehead atoms. The Labute approximate surface area is 131 Å². The molecule has 0 atom stereocenters. The molecule has 0 saturated heterocycles. The van der Waals surface area contributed by atoms with Crippen molar-refractivity contribution in [3.63, 3.8) is 0 Å². The van der Waals surface area contributed by atoms with Crippen molar-refractivity contribution in [1.82, 2.24) is 9.97 Å². The molecule has 1 aromatic heterocycles. The average Bonchev–Trinajstić information content (AvgIpc) is 2.51. The molecule has 2 amide bonds. The van der Waals surface area contributed by atoms with E-state index in [1.807, 2.05) is 0 Å². The number of amides is 2. The number of urea groups is 1. The number of rotatable bonds is 4. The molecule has 122 valence electrons.